The molecule has 5 nitrogen and oxygen atoms in total. The zero-order chi connectivity index (χ0) is 14.8. The quantitative estimate of drug-likeness (QED) is 0.626. The van der Waals surface area contributed by atoms with Gasteiger partial charge in [-0.25, -0.2) is 0 Å². The van der Waals surface area contributed by atoms with E-state index in [1.165, 1.54) is 0 Å². The lowest BCUT2D eigenvalue weighted by atomic mass is 10.3. The first-order valence-electron chi connectivity index (χ1n) is 6.57. The number of aliphatic hydroxyl groups is 1. The highest BCUT2D eigenvalue weighted by Gasteiger charge is 2.05. The zero-order valence-electron chi connectivity index (χ0n) is 12.0. The van der Waals surface area contributed by atoms with Crippen LogP contribution in [0.4, 0.5) is 0 Å². The highest BCUT2D eigenvalue weighted by Crippen LogP contribution is 2.18. The van der Waals surface area contributed by atoms with Crippen molar-refractivity contribution in [2.24, 2.45) is 0 Å². The van der Waals surface area contributed by atoms with Gasteiger partial charge in [-0.1, -0.05) is 6.07 Å². The summed E-state index contributed by atoms with van der Waals surface area (Å²) in [6.07, 6.45) is 1.96. The van der Waals surface area contributed by atoms with E-state index in [9.17, 15) is 9.32 Å². The first kappa shape index (κ1) is 16.9. The van der Waals surface area contributed by atoms with Gasteiger partial charge in [0.1, 0.15) is 24.2 Å². The van der Waals surface area contributed by atoms with Crippen LogP contribution < -0.4 is 14.8 Å². The molecule has 0 bridgehead atoms. The number of hydrogen-bond acceptors (Lipinski definition) is 5. The van der Waals surface area contributed by atoms with Crippen molar-refractivity contribution in [3.8, 4) is 11.5 Å². The Morgan fingerprint density at radius 1 is 1.40 bits per heavy atom. The largest absolute Gasteiger partial charge is 0.497 e. The second-order valence-electron chi connectivity index (χ2n) is 4.48. The van der Waals surface area contributed by atoms with Gasteiger partial charge >= 0.3 is 0 Å². The molecule has 0 aliphatic heterocycles. The summed E-state index contributed by atoms with van der Waals surface area (Å²) >= 11 is 0. The highest BCUT2D eigenvalue weighted by molar-refractivity contribution is 7.84. The molecule has 114 valence electrons. The summed E-state index contributed by atoms with van der Waals surface area (Å²) in [6.45, 7) is 1.43. The van der Waals surface area contributed by atoms with Gasteiger partial charge in [0.25, 0.3) is 0 Å². The average Bonchev–Trinajstić information content (AvgIpc) is 2.44. The summed E-state index contributed by atoms with van der Waals surface area (Å²) in [4.78, 5) is 0. The fraction of sp³-hybridized carbons (Fsp3) is 0.571. The van der Waals surface area contributed by atoms with Crippen LogP contribution in [0.15, 0.2) is 24.3 Å². The van der Waals surface area contributed by atoms with Crippen LogP contribution in [-0.2, 0) is 10.8 Å². The zero-order valence-corrected chi connectivity index (χ0v) is 12.8. The molecular weight excluding hydrogens is 278 g/mol. The Hall–Kier alpha value is -1.11. The average molecular weight is 301 g/mol. The van der Waals surface area contributed by atoms with Gasteiger partial charge in [-0.05, 0) is 25.1 Å². The second-order valence-corrected chi connectivity index (χ2v) is 6.03. The van der Waals surface area contributed by atoms with Crippen LogP contribution in [0.3, 0.4) is 0 Å². The van der Waals surface area contributed by atoms with E-state index in [2.05, 4.69) is 5.32 Å². The summed E-state index contributed by atoms with van der Waals surface area (Å²) in [5.74, 6) is 2.08. The molecule has 0 aromatic heterocycles. The summed E-state index contributed by atoms with van der Waals surface area (Å²) < 4.78 is 21.4. The van der Waals surface area contributed by atoms with E-state index in [1.54, 1.807) is 19.4 Å². The number of methoxy groups -OCH3 is 1. The van der Waals surface area contributed by atoms with E-state index < -0.39 is 16.9 Å². The number of rotatable bonds is 10. The molecule has 0 aliphatic rings. The summed E-state index contributed by atoms with van der Waals surface area (Å²) in [5.41, 5.74) is 0. The standard InChI is InChI=1S/C14H23NO4S/c1-18-13-5-3-6-14(9-13)19-11-12(16)10-15-7-4-8-20(2)17/h3,5-6,9,12,15-16H,4,7-8,10-11H2,1-2H3. The van der Waals surface area contributed by atoms with Crippen molar-refractivity contribution in [3.63, 3.8) is 0 Å². The van der Waals surface area contributed by atoms with Crippen molar-refractivity contribution in [2.45, 2.75) is 12.5 Å². The third-order valence-electron chi connectivity index (χ3n) is 2.65. The molecule has 0 spiro atoms. The first-order valence-corrected chi connectivity index (χ1v) is 8.30. The lowest BCUT2D eigenvalue weighted by Crippen LogP contribution is -2.32. The second kappa shape index (κ2) is 9.74. The minimum atomic E-state index is -0.750. The minimum Gasteiger partial charge on any atom is -0.497 e. The number of benzene rings is 1. The van der Waals surface area contributed by atoms with Crippen LogP contribution in [0.5, 0.6) is 11.5 Å². The molecule has 2 atom stereocenters. The predicted octanol–water partition coefficient (Wildman–Crippen LogP) is 0.793. The maximum Gasteiger partial charge on any atom is 0.123 e. The molecule has 1 rings (SSSR count). The van der Waals surface area contributed by atoms with E-state index in [4.69, 9.17) is 9.47 Å². The van der Waals surface area contributed by atoms with Gasteiger partial charge in [0.2, 0.25) is 0 Å². The van der Waals surface area contributed by atoms with E-state index in [1.807, 2.05) is 18.2 Å². The normalized spacial score (nSPS) is 13.8. The van der Waals surface area contributed by atoms with Crippen LogP contribution in [0.25, 0.3) is 0 Å². The fourth-order valence-corrected chi connectivity index (χ4v) is 2.16. The SMILES string of the molecule is COc1cccc(OCC(O)CNCCCS(C)=O)c1. The summed E-state index contributed by atoms with van der Waals surface area (Å²) in [5, 5.41) is 12.9. The Morgan fingerprint density at radius 2 is 2.15 bits per heavy atom. The molecule has 0 saturated carbocycles. The van der Waals surface area contributed by atoms with Crippen LogP contribution in [-0.4, -0.2) is 54.2 Å². The monoisotopic (exact) mass is 301 g/mol. The summed E-state index contributed by atoms with van der Waals surface area (Å²) in [7, 11) is 0.848. The molecule has 20 heavy (non-hydrogen) atoms. The number of aliphatic hydroxyl groups excluding tert-OH is 1. The Balaban J connectivity index is 2.15. The molecule has 6 heteroatoms. The Bertz CT molecular complexity index is 414. The molecule has 2 N–H and O–H groups in total. The lowest BCUT2D eigenvalue weighted by molar-refractivity contribution is 0.106. The smallest absolute Gasteiger partial charge is 0.123 e. The first-order chi connectivity index (χ1) is 9.61. The molecule has 0 heterocycles. The van der Waals surface area contributed by atoms with Gasteiger partial charge in [-0.2, -0.15) is 0 Å². The predicted molar refractivity (Wildman–Crippen MR) is 80.9 cm³/mol. The van der Waals surface area contributed by atoms with E-state index >= 15 is 0 Å². The Labute approximate surface area is 122 Å². The maximum atomic E-state index is 10.9. The number of ether oxygens (including phenoxy) is 2. The van der Waals surface area contributed by atoms with Crippen LogP contribution in [0, 0.1) is 0 Å². The van der Waals surface area contributed by atoms with Gasteiger partial charge in [-0.15, -0.1) is 0 Å². The van der Waals surface area contributed by atoms with Gasteiger partial charge in [0.05, 0.1) is 7.11 Å². The van der Waals surface area contributed by atoms with Crippen molar-refractivity contribution >= 4 is 10.8 Å². The molecule has 0 saturated heterocycles. The topological polar surface area (TPSA) is 67.8 Å². The van der Waals surface area contributed by atoms with Gasteiger partial charge < -0.3 is 19.9 Å². The number of hydrogen-bond donors (Lipinski definition) is 2. The molecular formula is C14H23NO4S. The highest BCUT2D eigenvalue weighted by atomic mass is 32.2. The van der Waals surface area contributed by atoms with Crippen molar-refractivity contribution in [1.82, 2.24) is 5.32 Å². The Kier molecular flexibility index (Phi) is 8.25. The molecule has 1 aromatic carbocycles. The van der Waals surface area contributed by atoms with E-state index in [-0.39, 0.29) is 6.61 Å². The molecule has 0 amide bonds. The van der Waals surface area contributed by atoms with Crippen molar-refractivity contribution < 1.29 is 18.8 Å². The lowest BCUT2D eigenvalue weighted by Gasteiger charge is -2.13. The molecule has 0 aliphatic carbocycles. The van der Waals surface area contributed by atoms with Crippen molar-refractivity contribution in [2.75, 3.05) is 38.8 Å². The van der Waals surface area contributed by atoms with Crippen LogP contribution in [0.1, 0.15) is 6.42 Å². The van der Waals surface area contributed by atoms with Crippen LogP contribution in [0.2, 0.25) is 0 Å². The Morgan fingerprint density at radius 3 is 2.85 bits per heavy atom. The fourth-order valence-electron chi connectivity index (χ4n) is 1.61. The van der Waals surface area contributed by atoms with Gasteiger partial charge in [-0.3, -0.25) is 4.21 Å². The minimum absolute atomic E-state index is 0.222. The van der Waals surface area contributed by atoms with Crippen LogP contribution >= 0.6 is 0 Å². The van der Waals surface area contributed by atoms with Crippen molar-refractivity contribution in [3.05, 3.63) is 24.3 Å². The van der Waals surface area contributed by atoms with Gasteiger partial charge in [0.15, 0.2) is 0 Å². The maximum absolute atomic E-state index is 10.9. The molecule has 2 unspecified atom stereocenters. The van der Waals surface area contributed by atoms with E-state index in [0.717, 1.165) is 18.7 Å². The van der Waals surface area contributed by atoms with Crippen molar-refractivity contribution in [1.29, 1.82) is 0 Å². The molecule has 0 fully saturated rings. The third kappa shape index (κ3) is 7.47. The molecule has 1 aromatic rings. The molecule has 0 radical (unpaired) electrons. The van der Waals surface area contributed by atoms with Gasteiger partial charge in [0, 0.05) is 35.4 Å². The van der Waals surface area contributed by atoms with E-state index in [0.29, 0.717) is 18.0 Å². The number of nitrogens with one attached hydrogen (secondary N) is 1. The third-order valence-corrected chi connectivity index (χ3v) is 3.51. The summed E-state index contributed by atoms with van der Waals surface area (Å²) in [6, 6.07) is 7.27.